The third-order valence-electron chi connectivity index (χ3n) is 6.31. The lowest BCUT2D eigenvalue weighted by Crippen LogP contribution is -2.23. The molecule has 0 radical (unpaired) electrons. The Labute approximate surface area is 247 Å². The molecule has 0 bridgehead atoms. The van der Waals surface area contributed by atoms with Crippen LogP contribution in [0.4, 0.5) is 11.4 Å². The zero-order chi connectivity index (χ0) is 30.2. The van der Waals surface area contributed by atoms with Gasteiger partial charge in [-0.15, -0.1) is 0 Å². The monoisotopic (exact) mass is 610 g/mol. The van der Waals surface area contributed by atoms with Crippen molar-refractivity contribution in [1.82, 2.24) is 0 Å². The summed E-state index contributed by atoms with van der Waals surface area (Å²) in [5, 5.41) is 0. The van der Waals surface area contributed by atoms with Gasteiger partial charge in [0.15, 0.2) is 0 Å². The fraction of sp³-hybridized carbons (Fsp3) is 0.226. The molecule has 0 fully saturated rings. The summed E-state index contributed by atoms with van der Waals surface area (Å²) in [6, 6.07) is 30.4. The highest BCUT2D eigenvalue weighted by Crippen LogP contribution is 2.31. The molecule has 2 N–H and O–H groups in total. The molecular weight excluding hydrogens is 576 g/mol. The largest absolute Gasteiger partial charge is 0.493 e. The van der Waals surface area contributed by atoms with Crippen LogP contribution in [0.25, 0.3) is 0 Å². The van der Waals surface area contributed by atoms with Gasteiger partial charge in [-0.2, -0.15) is 8.42 Å². The normalized spacial score (nSPS) is 11.6. The van der Waals surface area contributed by atoms with E-state index < -0.39 is 20.1 Å². The van der Waals surface area contributed by atoms with Gasteiger partial charge in [0, 0.05) is 24.8 Å². The van der Waals surface area contributed by atoms with Crippen LogP contribution in [0.15, 0.2) is 97.1 Å². The predicted octanol–water partition coefficient (Wildman–Crippen LogP) is 6.02. The molecule has 222 valence electrons. The van der Waals surface area contributed by atoms with E-state index in [2.05, 4.69) is 21.8 Å². The first-order valence-electron chi connectivity index (χ1n) is 13.3. The van der Waals surface area contributed by atoms with E-state index in [4.69, 9.17) is 14.0 Å². The van der Waals surface area contributed by atoms with Gasteiger partial charge in [-0.05, 0) is 66.4 Å². The smallest absolute Gasteiger partial charge is 0.264 e. The minimum absolute atomic E-state index is 0.143. The second-order valence-corrected chi connectivity index (χ2v) is 13.2. The van der Waals surface area contributed by atoms with Crippen LogP contribution in [-0.2, 0) is 33.2 Å². The van der Waals surface area contributed by atoms with Crippen LogP contribution in [0.5, 0.6) is 17.2 Å². The summed E-state index contributed by atoms with van der Waals surface area (Å²) in [6.45, 7) is 3.25. The van der Waals surface area contributed by atoms with Crippen molar-refractivity contribution in [1.29, 1.82) is 0 Å². The summed E-state index contributed by atoms with van der Waals surface area (Å²) in [7, 11) is -7.44. The molecule has 11 heteroatoms. The van der Waals surface area contributed by atoms with Crippen molar-refractivity contribution in [3.8, 4) is 17.2 Å². The quantitative estimate of drug-likeness (QED) is 0.131. The number of nitrogens with one attached hydrogen (secondary N) is 1. The van der Waals surface area contributed by atoms with Crippen LogP contribution in [0.3, 0.4) is 0 Å². The van der Waals surface area contributed by atoms with Crippen LogP contribution in [0.1, 0.15) is 23.1 Å². The molecule has 0 saturated heterocycles. The Morgan fingerprint density at radius 1 is 0.762 bits per heavy atom. The molecule has 0 saturated carbocycles. The highest BCUT2D eigenvalue weighted by Gasteiger charge is 2.15. The van der Waals surface area contributed by atoms with Gasteiger partial charge >= 0.3 is 0 Å². The topological polar surface area (TPSA) is 122 Å². The molecule has 4 aromatic rings. The number of ether oxygens (including phenoxy) is 2. The maximum absolute atomic E-state index is 11.9. The first-order chi connectivity index (χ1) is 19.9. The minimum Gasteiger partial charge on any atom is -0.493 e. The van der Waals surface area contributed by atoms with Gasteiger partial charge in [0.2, 0.25) is 10.0 Å². The summed E-state index contributed by atoms with van der Waals surface area (Å²) in [4.78, 5) is 2.21. The molecule has 0 aromatic heterocycles. The summed E-state index contributed by atoms with van der Waals surface area (Å²) < 4.78 is 68.6. The maximum atomic E-state index is 11.9. The summed E-state index contributed by atoms with van der Waals surface area (Å²) in [5.74, 6) is 1.36. The molecule has 4 aromatic carbocycles. The van der Waals surface area contributed by atoms with Crippen molar-refractivity contribution < 1.29 is 30.9 Å². The molecule has 4 rings (SSSR count). The summed E-state index contributed by atoms with van der Waals surface area (Å²) in [6.07, 6.45) is 1.31. The van der Waals surface area contributed by atoms with Gasteiger partial charge < -0.3 is 14.4 Å². The number of hydrogen-bond acceptors (Lipinski definition) is 7. The van der Waals surface area contributed by atoms with Gasteiger partial charge in [0.25, 0.3) is 10.1 Å². The maximum Gasteiger partial charge on any atom is 0.264 e. The molecule has 9 nitrogen and oxygen atoms in total. The van der Waals surface area contributed by atoms with Crippen molar-refractivity contribution in [2.24, 2.45) is 0 Å². The van der Waals surface area contributed by atoms with E-state index >= 15 is 0 Å². The fourth-order valence-electron chi connectivity index (χ4n) is 4.38. The van der Waals surface area contributed by atoms with E-state index in [0.717, 1.165) is 28.6 Å². The second kappa shape index (κ2) is 13.7. The molecule has 0 aliphatic rings. The SMILES string of the molecule is Cc1c(NS(C)(=O)=O)cccc1N(Cc1ccccc1)Cc1ccc(Oc2cccc(OCCCS(=O)(=O)O)c2)cc1. The second-order valence-electron chi connectivity index (χ2n) is 9.87. The molecule has 42 heavy (non-hydrogen) atoms. The van der Waals surface area contributed by atoms with E-state index in [9.17, 15) is 16.8 Å². The summed E-state index contributed by atoms with van der Waals surface area (Å²) >= 11 is 0. The predicted molar refractivity (Wildman–Crippen MR) is 165 cm³/mol. The van der Waals surface area contributed by atoms with Gasteiger partial charge in [-0.3, -0.25) is 9.27 Å². The first kappa shape index (κ1) is 30.9. The van der Waals surface area contributed by atoms with E-state index in [1.54, 1.807) is 30.3 Å². The Balaban J connectivity index is 1.48. The van der Waals surface area contributed by atoms with Crippen molar-refractivity contribution in [2.75, 3.05) is 28.2 Å². The number of sulfonamides is 1. The van der Waals surface area contributed by atoms with Crippen molar-refractivity contribution in [2.45, 2.75) is 26.4 Å². The Bertz CT molecular complexity index is 1690. The first-order valence-corrected chi connectivity index (χ1v) is 16.8. The lowest BCUT2D eigenvalue weighted by molar-refractivity contribution is 0.314. The Hall–Kier alpha value is -4.06. The van der Waals surface area contributed by atoms with Crippen molar-refractivity contribution >= 4 is 31.5 Å². The number of rotatable bonds is 14. The summed E-state index contributed by atoms with van der Waals surface area (Å²) in [5.41, 5.74) is 4.45. The van der Waals surface area contributed by atoms with Crippen molar-refractivity contribution in [3.63, 3.8) is 0 Å². The molecular formula is C31H34N2O7S2. The highest BCUT2D eigenvalue weighted by molar-refractivity contribution is 7.92. The van der Waals surface area contributed by atoms with Gasteiger partial charge in [0.05, 0.1) is 24.3 Å². The lowest BCUT2D eigenvalue weighted by Gasteiger charge is -2.28. The van der Waals surface area contributed by atoms with E-state index in [1.807, 2.05) is 61.5 Å². The average Bonchev–Trinajstić information content (AvgIpc) is 2.93. The Morgan fingerprint density at radius 2 is 1.40 bits per heavy atom. The molecule has 0 unspecified atom stereocenters. The van der Waals surface area contributed by atoms with Crippen molar-refractivity contribution in [3.05, 3.63) is 114 Å². The lowest BCUT2D eigenvalue weighted by atomic mass is 10.1. The molecule has 0 aliphatic heterocycles. The number of benzene rings is 4. The molecule has 0 heterocycles. The molecule has 0 amide bonds. The van der Waals surface area contributed by atoms with Crippen LogP contribution in [0, 0.1) is 6.92 Å². The molecule has 0 spiro atoms. The zero-order valence-corrected chi connectivity index (χ0v) is 25.1. The Kier molecular flexibility index (Phi) is 10.1. The highest BCUT2D eigenvalue weighted by atomic mass is 32.2. The third kappa shape index (κ3) is 9.79. The standard InChI is InChI=1S/C31H34N2O7S2/c1-24-30(32-41(2,34)35)13-7-14-31(24)33(22-25-9-4-3-5-10-25)23-26-15-17-27(18-16-26)40-29-12-6-11-28(21-29)39-19-8-20-42(36,37)38/h3-7,9-18,21,32H,8,19-20,22-23H2,1-2H3,(H,36,37,38). The minimum atomic E-state index is -4.01. The molecule has 0 aliphatic carbocycles. The van der Waals surface area contributed by atoms with E-state index in [0.29, 0.717) is 36.0 Å². The third-order valence-corrected chi connectivity index (χ3v) is 7.71. The van der Waals surface area contributed by atoms with E-state index in [-0.39, 0.29) is 18.8 Å². The van der Waals surface area contributed by atoms with Gasteiger partial charge in [-0.25, -0.2) is 8.42 Å². The average molecular weight is 611 g/mol. The van der Waals surface area contributed by atoms with Crippen LogP contribution in [-0.4, -0.2) is 40.0 Å². The fourth-order valence-corrected chi connectivity index (χ4v) is 5.49. The number of hydrogen-bond donors (Lipinski definition) is 2. The van der Waals surface area contributed by atoms with Crippen LogP contribution in [0.2, 0.25) is 0 Å². The van der Waals surface area contributed by atoms with Crippen LogP contribution >= 0.6 is 0 Å². The van der Waals surface area contributed by atoms with Gasteiger partial charge in [-0.1, -0.05) is 54.6 Å². The Morgan fingerprint density at radius 3 is 2.07 bits per heavy atom. The zero-order valence-electron chi connectivity index (χ0n) is 23.4. The van der Waals surface area contributed by atoms with Gasteiger partial charge in [0.1, 0.15) is 17.2 Å². The van der Waals surface area contributed by atoms with E-state index in [1.165, 1.54) is 0 Å². The number of nitrogens with zero attached hydrogens (tertiary/aromatic N) is 1. The molecule has 0 atom stereocenters. The van der Waals surface area contributed by atoms with Crippen LogP contribution < -0.4 is 19.1 Å². The number of anilines is 2.